The maximum absolute atomic E-state index is 14.5. The molecule has 4 heterocycles. The summed E-state index contributed by atoms with van der Waals surface area (Å²) in [7, 11) is 11.9. The summed E-state index contributed by atoms with van der Waals surface area (Å²) in [6.07, 6.45) is 0.197. The van der Waals surface area contributed by atoms with Gasteiger partial charge in [0.15, 0.2) is 0 Å². The number of methoxy groups -OCH3 is 4. The molecule has 11 amide bonds. The zero-order chi connectivity index (χ0) is 87.8. The number of ether oxygens (including phenoxy) is 8. The Balaban J connectivity index is 0.000000344. The van der Waals surface area contributed by atoms with E-state index in [0.29, 0.717) is 54.6 Å². The van der Waals surface area contributed by atoms with Crippen molar-refractivity contribution >= 4 is 175 Å². The van der Waals surface area contributed by atoms with Crippen LogP contribution in [0.25, 0.3) is 0 Å². The van der Waals surface area contributed by atoms with Gasteiger partial charge in [0.25, 0.3) is 11.8 Å². The van der Waals surface area contributed by atoms with Crippen LogP contribution in [-0.2, 0) is 28.5 Å². The van der Waals surface area contributed by atoms with Crippen molar-refractivity contribution in [2.45, 2.75) is 105 Å². The molecule has 117 heavy (non-hydrogen) atoms. The van der Waals surface area contributed by atoms with Gasteiger partial charge in [0.1, 0.15) is 113 Å². The van der Waals surface area contributed by atoms with Gasteiger partial charge in [0.05, 0.1) is 51.2 Å². The van der Waals surface area contributed by atoms with Gasteiger partial charge in [-0.3, -0.25) is 29.0 Å². The first-order valence-electron chi connectivity index (χ1n) is 35.8. The number of nitrogens with two attached hydrogens (primary N) is 1. The largest absolute Gasteiger partial charge is 0.495 e. The number of likely N-dealkylation sites (N-methyl/N-ethyl adjacent to an activating group) is 2. The molecule has 0 unspecified atom stereocenters. The van der Waals surface area contributed by atoms with Crippen molar-refractivity contribution in [2.24, 2.45) is 0 Å². The summed E-state index contributed by atoms with van der Waals surface area (Å²) in [5.74, 6) is -1.29. The minimum atomic E-state index is -1.15. The molecule has 3 N–H and O–H groups in total. The van der Waals surface area contributed by atoms with Gasteiger partial charge in [0.2, 0.25) is 11.1 Å². The summed E-state index contributed by atoms with van der Waals surface area (Å²) in [6.45, 7) is 31.3. The Labute approximate surface area is 704 Å². The minimum absolute atomic E-state index is 0.0369. The van der Waals surface area contributed by atoms with Gasteiger partial charge in [-0.2, -0.15) is 9.80 Å². The van der Waals surface area contributed by atoms with Crippen LogP contribution in [0.1, 0.15) is 104 Å². The number of rotatable bonds is 17. The van der Waals surface area contributed by atoms with E-state index in [-0.39, 0.29) is 118 Å². The van der Waals surface area contributed by atoms with Crippen LogP contribution in [0.15, 0.2) is 98.6 Å². The summed E-state index contributed by atoms with van der Waals surface area (Å²) in [5, 5.41) is 1.41. The SMILES string of the molecule is C=CC(=O)Cl.C=CC(=O)Nc1cc(C(=O)N2CCN(C)CC2)ccc1N(C(=O)OC(C)(C)C)c1cc(N(C)C(=O)N(C(=O)OC(C)(C)C)c2c(Cl)c(OC)cc(OC)c2Cl)ncn1.COc1cc(OC)c(Cl)c(N(C(=O)OC(C)(C)C)C(=O)N(C)c2cc(N(C(=O)OC(C)(C)C)c3ccc(C(=O)N4CCN(C)CC4)cc3N)ncn2)c1Cl. The van der Waals surface area contributed by atoms with E-state index in [2.05, 4.69) is 48.2 Å². The smallest absolute Gasteiger partial charge is 0.423 e. The average Bonchev–Trinajstić information content (AvgIpc) is 0.776. The lowest BCUT2D eigenvalue weighted by molar-refractivity contribution is -0.112. The van der Waals surface area contributed by atoms with Crippen molar-refractivity contribution in [3.63, 3.8) is 0 Å². The lowest BCUT2D eigenvalue weighted by Crippen LogP contribution is -2.48. The van der Waals surface area contributed by atoms with Crippen LogP contribution in [0.4, 0.5) is 86.2 Å². The predicted octanol–water partition coefficient (Wildman–Crippen LogP) is 15.2. The third-order valence-electron chi connectivity index (χ3n) is 16.4. The second-order valence-electron chi connectivity index (χ2n) is 29.8. The van der Waals surface area contributed by atoms with Crippen molar-refractivity contribution in [3.05, 3.63) is 130 Å². The van der Waals surface area contributed by atoms with E-state index in [9.17, 15) is 47.9 Å². The fraction of sp³-hybridized carbons (Fsp3) is 0.410. The molecular formula is C78H97Cl5N16O18. The monoisotopic (exact) mass is 1720 g/mol. The van der Waals surface area contributed by atoms with Crippen molar-refractivity contribution in [1.82, 2.24) is 39.5 Å². The zero-order valence-electron chi connectivity index (χ0n) is 68.7. The number of aromatic nitrogens is 4. The molecule has 0 radical (unpaired) electrons. The Bertz CT molecular complexity index is 4670. The van der Waals surface area contributed by atoms with Gasteiger partial charge in [0, 0.05) is 102 Å². The van der Waals surface area contributed by atoms with Gasteiger partial charge in [-0.1, -0.05) is 59.6 Å². The van der Waals surface area contributed by atoms with E-state index in [0.717, 1.165) is 57.5 Å². The molecule has 34 nitrogen and oxygen atoms in total. The number of halogens is 5. The molecule has 8 rings (SSSR count). The molecule has 2 aromatic heterocycles. The zero-order valence-corrected chi connectivity index (χ0v) is 72.5. The van der Waals surface area contributed by atoms with Gasteiger partial charge < -0.3 is 68.5 Å². The Morgan fingerprint density at radius 3 is 1.07 bits per heavy atom. The van der Waals surface area contributed by atoms with Gasteiger partial charge in [-0.25, -0.2) is 58.5 Å². The highest BCUT2D eigenvalue weighted by Gasteiger charge is 2.41. The molecule has 2 aliphatic heterocycles. The topological polar surface area (TPSA) is 367 Å². The quantitative estimate of drug-likeness (QED) is 0.0371. The fourth-order valence-corrected chi connectivity index (χ4v) is 12.1. The van der Waals surface area contributed by atoms with Crippen LogP contribution in [0.2, 0.25) is 20.1 Å². The molecule has 632 valence electrons. The van der Waals surface area contributed by atoms with E-state index in [1.54, 1.807) is 99.0 Å². The number of carbonyl (C=O) groups excluding carboxylic acids is 10. The normalized spacial score (nSPS) is 13.1. The molecule has 2 saturated heterocycles. The van der Waals surface area contributed by atoms with Gasteiger partial charge in [-0.05, 0) is 157 Å². The minimum Gasteiger partial charge on any atom is -0.495 e. The summed E-state index contributed by atoms with van der Waals surface area (Å²) < 4.78 is 44.2. The number of benzene rings is 4. The standard InChI is InChI=1S/C39H48Cl2N8O9.C36H46Cl2N8O8.C3H3ClO/c1-12-30(50)44-24-19-23(34(51)47-17-15-45(8)16-18-47)13-14-25(24)48(36(53)57-38(2,3)4)29-21-28(42-22-43-29)46(9)35(52)49(37(54)58-39(5,6)7)33-31(40)26(55-10)20-27(56-11)32(33)41;1-35(2,3)53-33(49)45(23-12-11-21(17-22(23)39)31(47)44-15-13-42(7)14-16-44)27-19-26(40-20-41-27)43(8)32(48)46(34(50)54-36(4,5)6)30-28(37)24(51-9)18-25(52-10)29(30)38;1-2-3(4)5/h12-14,19-22H,1,15-18H2,2-11H3,(H,44,50);11-12,17-20H,13-16,39H2,1-10H3;2H,1H2. The molecule has 2 aliphatic rings. The molecular weight excluding hydrogens is 1630 g/mol. The summed E-state index contributed by atoms with van der Waals surface area (Å²) in [5.41, 5.74) is 2.80. The predicted molar refractivity (Wildman–Crippen MR) is 449 cm³/mol. The highest BCUT2D eigenvalue weighted by atomic mass is 35.5. The number of hydrogen-bond donors (Lipinski definition) is 2. The second-order valence-corrected chi connectivity index (χ2v) is 31.7. The van der Waals surface area contributed by atoms with E-state index < -0.39 is 70.0 Å². The number of carbonyl (C=O) groups is 10. The summed E-state index contributed by atoms with van der Waals surface area (Å²) in [4.78, 5) is 164. The van der Waals surface area contributed by atoms with Crippen molar-refractivity contribution in [2.75, 3.05) is 149 Å². The van der Waals surface area contributed by atoms with Crippen LogP contribution in [0.3, 0.4) is 0 Å². The highest BCUT2D eigenvalue weighted by Crippen LogP contribution is 2.49. The number of nitrogen functional groups attached to an aromatic ring is 1. The van der Waals surface area contributed by atoms with Crippen molar-refractivity contribution in [3.8, 4) is 23.0 Å². The Kier molecular flexibility index (Phi) is 32.6. The number of nitrogens with zero attached hydrogens (tertiary/aromatic N) is 14. The number of urea groups is 2. The maximum Gasteiger partial charge on any atom is 0.423 e. The molecule has 39 heteroatoms. The average molecular weight is 1720 g/mol. The molecule has 2 fully saturated rings. The van der Waals surface area contributed by atoms with Crippen molar-refractivity contribution < 1.29 is 85.8 Å². The lowest BCUT2D eigenvalue weighted by Gasteiger charge is -2.33. The second kappa shape index (κ2) is 40.2. The number of amides is 11. The van der Waals surface area contributed by atoms with Crippen LogP contribution < -0.4 is 59.4 Å². The van der Waals surface area contributed by atoms with E-state index in [1.165, 1.54) is 97.1 Å². The third-order valence-corrected chi connectivity index (χ3v) is 18.0. The third kappa shape index (κ3) is 25.0. The number of imide groups is 2. The molecule has 0 bridgehead atoms. The van der Waals surface area contributed by atoms with Crippen LogP contribution in [0, 0.1) is 0 Å². The maximum atomic E-state index is 14.5. The Morgan fingerprint density at radius 2 is 0.761 bits per heavy atom. The molecule has 4 aromatic carbocycles. The molecule has 0 atom stereocenters. The number of hydrogen-bond acceptors (Lipinski definition) is 25. The summed E-state index contributed by atoms with van der Waals surface area (Å²) in [6, 6.07) is 12.3. The number of allylic oxidation sites excluding steroid dienone is 1. The molecule has 0 spiro atoms. The first kappa shape index (κ1) is 94.8. The lowest BCUT2D eigenvalue weighted by atomic mass is 10.1. The fourth-order valence-electron chi connectivity index (χ4n) is 10.7. The number of piperazine rings is 2. The van der Waals surface area contributed by atoms with Crippen molar-refractivity contribution in [1.29, 1.82) is 0 Å². The van der Waals surface area contributed by atoms with Crippen LogP contribution in [0.5, 0.6) is 23.0 Å². The first-order valence-corrected chi connectivity index (χ1v) is 37.7. The molecule has 0 aliphatic carbocycles. The molecule has 6 aromatic rings. The van der Waals surface area contributed by atoms with E-state index in [4.69, 9.17) is 102 Å². The Morgan fingerprint density at radius 1 is 0.453 bits per heavy atom. The van der Waals surface area contributed by atoms with Gasteiger partial charge in [-0.15, -0.1) is 0 Å². The van der Waals surface area contributed by atoms with Gasteiger partial charge >= 0.3 is 36.4 Å². The van der Waals surface area contributed by atoms with E-state index in [1.807, 2.05) is 14.1 Å². The van der Waals surface area contributed by atoms with E-state index >= 15 is 0 Å². The summed E-state index contributed by atoms with van der Waals surface area (Å²) >= 11 is 31.4. The Hall–Kier alpha value is -11.0. The van der Waals surface area contributed by atoms with Crippen LogP contribution >= 0.6 is 58.0 Å². The number of anilines is 10. The molecule has 0 saturated carbocycles. The van der Waals surface area contributed by atoms with Crippen LogP contribution in [-0.4, -0.2) is 230 Å². The number of nitrogens with one attached hydrogen (secondary N) is 1. The highest BCUT2D eigenvalue weighted by molar-refractivity contribution is 6.66. The first-order chi connectivity index (χ1) is 54.5.